The van der Waals surface area contributed by atoms with Crippen molar-refractivity contribution >= 4 is 23.4 Å². The normalized spacial score (nSPS) is 16.4. The molecule has 2 rings (SSSR count). The van der Waals surface area contributed by atoms with Crippen LogP contribution in [0, 0.1) is 0 Å². The third-order valence-electron chi connectivity index (χ3n) is 4.54. The molecule has 1 fully saturated rings. The van der Waals surface area contributed by atoms with Gasteiger partial charge in [0.25, 0.3) is 5.91 Å². The predicted octanol–water partition coefficient (Wildman–Crippen LogP) is 2.95. The summed E-state index contributed by atoms with van der Waals surface area (Å²) in [6, 6.07) is 6.50. The van der Waals surface area contributed by atoms with Crippen molar-refractivity contribution in [3.8, 4) is 0 Å². The summed E-state index contributed by atoms with van der Waals surface area (Å²) in [5, 5.41) is 5.71. The molecule has 1 saturated heterocycles. The lowest BCUT2D eigenvalue weighted by molar-refractivity contribution is -0.124. The molecule has 1 atom stereocenters. The topological polar surface area (TPSA) is 78.5 Å². The molecule has 2 N–H and O–H groups in total. The monoisotopic (exact) mass is 359 g/mol. The van der Waals surface area contributed by atoms with Crippen LogP contribution < -0.4 is 10.6 Å². The zero-order valence-corrected chi connectivity index (χ0v) is 15.7. The Morgan fingerprint density at radius 3 is 2.50 bits per heavy atom. The second kappa shape index (κ2) is 9.94. The molecule has 26 heavy (non-hydrogen) atoms. The van der Waals surface area contributed by atoms with Gasteiger partial charge < -0.3 is 15.5 Å². The van der Waals surface area contributed by atoms with E-state index in [9.17, 15) is 14.4 Å². The van der Waals surface area contributed by atoms with Gasteiger partial charge in [-0.15, -0.1) is 0 Å². The maximum atomic E-state index is 12.8. The largest absolute Gasteiger partial charge is 0.354 e. The minimum absolute atomic E-state index is 0.0156. The average Bonchev–Trinajstić information content (AvgIpc) is 3.14. The summed E-state index contributed by atoms with van der Waals surface area (Å²) in [5.41, 5.74) is 1.22. The quantitative estimate of drug-likeness (QED) is 0.749. The number of carbonyl (C=O) groups is 3. The third kappa shape index (κ3) is 5.31. The first-order chi connectivity index (χ1) is 12.6. The second-order valence-corrected chi connectivity index (χ2v) is 6.68. The highest BCUT2D eigenvalue weighted by Crippen LogP contribution is 2.21. The molecule has 0 spiro atoms. The van der Waals surface area contributed by atoms with Crippen molar-refractivity contribution in [3.05, 3.63) is 29.8 Å². The van der Waals surface area contributed by atoms with Gasteiger partial charge in [0.1, 0.15) is 6.04 Å². The van der Waals surface area contributed by atoms with Crippen molar-refractivity contribution in [2.24, 2.45) is 0 Å². The van der Waals surface area contributed by atoms with Crippen LogP contribution in [0.1, 0.15) is 62.7 Å². The lowest BCUT2D eigenvalue weighted by Gasteiger charge is -2.24. The fourth-order valence-electron chi connectivity index (χ4n) is 3.07. The molecule has 0 aromatic heterocycles. The molecule has 0 aliphatic carbocycles. The number of likely N-dealkylation sites (tertiary alicyclic amines) is 1. The van der Waals surface area contributed by atoms with Crippen LogP contribution in [-0.4, -0.2) is 41.8 Å². The van der Waals surface area contributed by atoms with Crippen LogP contribution in [-0.2, 0) is 9.59 Å². The molecule has 0 saturated carbocycles. The van der Waals surface area contributed by atoms with Crippen LogP contribution in [0.25, 0.3) is 0 Å². The van der Waals surface area contributed by atoms with Crippen molar-refractivity contribution in [3.63, 3.8) is 0 Å². The van der Waals surface area contributed by atoms with Gasteiger partial charge in [0.15, 0.2) is 0 Å². The van der Waals surface area contributed by atoms with E-state index < -0.39 is 0 Å². The third-order valence-corrected chi connectivity index (χ3v) is 4.54. The Labute approximate surface area is 155 Å². The molecule has 0 bridgehead atoms. The standard InChI is InChI=1S/C20H29N3O3/c1-3-5-8-18(24)22-16-11-9-15(10-12-16)20(26)23-14-6-7-17(23)19(25)21-13-4-2/h9-12,17H,3-8,13-14H2,1-2H3,(H,21,25)(H,22,24). The molecule has 1 unspecified atom stereocenters. The number of hydrogen-bond acceptors (Lipinski definition) is 3. The Bertz CT molecular complexity index is 628. The van der Waals surface area contributed by atoms with Gasteiger partial charge in [-0.1, -0.05) is 20.3 Å². The Morgan fingerprint density at radius 2 is 1.85 bits per heavy atom. The summed E-state index contributed by atoms with van der Waals surface area (Å²) in [6.07, 6.45) is 4.74. The van der Waals surface area contributed by atoms with Gasteiger partial charge in [0.05, 0.1) is 0 Å². The summed E-state index contributed by atoms with van der Waals surface area (Å²) >= 11 is 0. The Morgan fingerprint density at radius 1 is 1.12 bits per heavy atom. The van der Waals surface area contributed by atoms with Gasteiger partial charge in [0.2, 0.25) is 11.8 Å². The number of amides is 3. The molecule has 1 aromatic rings. The van der Waals surface area contributed by atoms with Gasteiger partial charge in [-0.2, -0.15) is 0 Å². The average molecular weight is 359 g/mol. The number of nitrogens with zero attached hydrogens (tertiary/aromatic N) is 1. The van der Waals surface area contributed by atoms with E-state index in [-0.39, 0.29) is 23.8 Å². The van der Waals surface area contributed by atoms with Crippen LogP contribution >= 0.6 is 0 Å². The molecular weight excluding hydrogens is 330 g/mol. The molecule has 1 aromatic carbocycles. The molecule has 6 nitrogen and oxygen atoms in total. The minimum Gasteiger partial charge on any atom is -0.354 e. The van der Waals surface area contributed by atoms with Gasteiger partial charge in [-0.05, 0) is 49.9 Å². The predicted molar refractivity (Wildman–Crippen MR) is 102 cm³/mol. The van der Waals surface area contributed by atoms with Crippen LogP contribution in [0.2, 0.25) is 0 Å². The number of hydrogen-bond donors (Lipinski definition) is 2. The van der Waals surface area contributed by atoms with Crippen molar-refractivity contribution in [2.75, 3.05) is 18.4 Å². The summed E-state index contributed by atoms with van der Waals surface area (Å²) in [7, 11) is 0. The van der Waals surface area contributed by atoms with Crippen LogP contribution in [0.3, 0.4) is 0 Å². The number of anilines is 1. The Balaban J connectivity index is 1.98. The SMILES string of the molecule is CCCCC(=O)Nc1ccc(C(=O)N2CCCC2C(=O)NCCC)cc1. The van der Waals surface area contributed by atoms with E-state index in [1.165, 1.54) is 0 Å². The minimum atomic E-state index is -0.387. The molecular formula is C20H29N3O3. The Kier molecular flexibility index (Phi) is 7.63. The van der Waals surface area contributed by atoms with E-state index in [0.29, 0.717) is 37.2 Å². The van der Waals surface area contributed by atoms with E-state index in [2.05, 4.69) is 10.6 Å². The maximum Gasteiger partial charge on any atom is 0.254 e. The lowest BCUT2D eigenvalue weighted by atomic mass is 10.1. The van der Waals surface area contributed by atoms with Crippen molar-refractivity contribution in [2.45, 2.75) is 58.4 Å². The summed E-state index contributed by atoms with van der Waals surface area (Å²) in [4.78, 5) is 38.5. The zero-order valence-electron chi connectivity index (χ0n) is 15.7. The van der Waals surface area contributed by atoms with E-state index in [1.807, 2.05) is 13.8 Å². The van der Waals surface area contributed by atoms with E-state index in [1.54, 1.807) is 29.2 Å². The van der Waals surface area contributed by atoms with Gasteiger partial charge in [-0.25, -0.2) is 0 Å². The molecule has 1 aliphatic rings. The lowest BCUT2D eigenvalue weighted by Crippen LogP contribution is -2.46. The summed E-state index contributed by atoms with van der Waals surface area (Å²) < 4.78 is 0. The number of rotatable bonds is 8. The van der Waals surface area contributed by atoms with Crippen molar-refractivity contribution in [1.82, 2.24) is 10.2 Å². The number of benzene rings is 1. The molecule has 6 heteroatoms. The second-order valence-electron chi connectivity index (χ2n) is 6.68. The number of unbranched alkanes of at least 4 members (excludes halogenated alkanes) is 1. The molecule has 1 aliphatic heterocycles. The van der Waals surface area contributed by atoms with Crippen LogP contribution in [0.5, 0.6) is 0 Å². The van der Waals surface area contributed by atoms with Crippen LogP contribution in [0.15, 0.2) is 24.3 Å². The summed E-state index contributed by atoms with van der Waals surface area (Å²) in [6.45, 7) is 5.27. The van der Waals surface area contributed by atoms with E-state index in [4.69, 9.17) is 0 Å². The van der Waals surface area contributed by atoms with Crippen LogP contribution in [0.4, 0.5) is 5.69 Å². The number of carbonyl (C=O) groups excluding carboxylic acids is 3. The molecule has 1 heterocycles. The van der Waals surface area contributed by atoms with E-state index >= 15 is 0 Å². The van der Waals surface area contributed by atoms with Crippen molar-refractivity contribution in [1.29, 1.82) is 0 Å². The highest BCUT2D eigenvalue weighted by atomic mass is 16.2. The smallest absolute Gasteiger partial charge is 0.254 e. The van der Waals surface area contributed by atoms with Gasteiger partial charge in [0, 0.05) is 30.8 Å². The fourth-order valence-corrected chi connectivity index (χ4v) is 3.07. The number of nitrogens with one attached hydrogen (secondary N) is 2. The van der Waals surface area contributed by atoms with Gasteiger partial charge in [-0.3, -0.25) is 14.4 Å². The first-order valence-corrected chi connectivity index (χ1v) is 9.55. The highest BCUT2D eigenvalue weighted by Gasteiger charge is 2.34. The Hall–Kier alpha value is -2.37. The van der Waals surface area contributed by atoms with Gasteiger partial charge >= 0.3 is 0 Å². The molecule has 142 valence electrons. The molecule has 3 amide bonds. The van der Waals surface area contributed by atoms with Crippen molar-refractivity contribution < 1.29 is 14.4 Å². The first kappa shape index (κ1) is 19.9. The highest BCUT2D eigenvalue weighted by molar-refractivity contribution is 5.98. The first-order valence-electron chi connectivity index (χ1n) is 9.55. The molecule has 0 radical (unpaired) electrons. The zero-order chi connectivity index (χ0) is 18.9. The fraction of sp³-hybridized carbons (Fsp3) is 0.550. The summed E-state index contributed by atoms with van der Waals surface area (Å²) in [5.74, 6) is -0.223. The maximum absolute atomic E-state index is 12.8. The van der Waals surface area contributed by atoms with E-state index in [0.717, 1.165) is 25.7 Å².